The van der Waals surface area contributed by atoms with Crippen LogP contribution in [0.2, 0.25) is 5.02 Å². The molecule has 0 unspecified atom stereocenters. The predicted octanol–water partition coefficient (Wildman–Crippen LogP) is 3.44. The number of benzene rings is 1. The first-order valence-electron chi connectivity index (χ1n) is 8.80. The molecule has 160 valence electrons. The van der Waals surface area contributed by atoms with E-state index < -0.39 is 21.9 Å². The van der Waals surface area contributed by atoms with E-state index in [1.165, 1.54) is 36.6 Å². The third-order valence-electron chi connectivity index (χ3n) is 4.55. The van der Waals surface area contributed by atoms with Crippen LogP contribution in [0.15, 0.2) is 58.1 Å². The molecule has 1 aliphatic rings. The first kappa shape index (κ1) is 21.2. The minimum Gasteiger partial charge on any atom is -0.321 e. The lowest BCUT2D eigenvalue weighted by molar-refractivity contribution is -0.113. The van der Waals surface area contributed by atoms with E-state index in [1.54, 1.807) is 24.0 Å². The summed E-state index contributed by atoms with van der Waals surface area (Å²) >= 11 is 7.04. The number of carbonyl (C=O) groups is 1. The summed E-state index contributed by atoms with van der Waals surface area (Å²) in [5, 5.41) is 8.34. The summed E-state index contributed by atoms with van der Waals surface area (Å²) in [6, 6.07) is 7.29. The fourth-order valence-electron chi connectivity index (χ4n) is 2.91. The van der Waals surface area contributed by atoms with E-state index in [-0.39, 0.29) is 22.1 Å². The maximum atomic E-state index is 13.4. The van der Waals surface area contributed by atoms with Gasteiger partial charge in [0.15, 0.2) is 0 Å². The summed E-state index contributed by atoms with van der Waals surface area (Å²) in [7, 11) is -1.09. The van der Waals surface area contributed by atoms with E-state index in [9.17, 15) is 17.6 Å². The molecule has 4 rings (SSSR count). The molecule has 0 bridgehead atoms. The number of hydrogen-bond donors (Lipinski definition) is 1. The summed E-state index contributed by atoms with van der Waals surface area (Å²) in [6.07, 6.45) is 3.05. The zero-order chi connectivity index (χ0) is 22.3. The lowest BCUT2D eigenvalue weighted by Gasteiger charge is -2.23. The van der Waals surface area contributed by atoms with E-state index >= 15 is 0 Å². The Kier molecular flexibility index (Phi) is 5.42. The third kappa shape index (κ3) is 4.11. The van der Waals surface area contributed by atoms with Crippen LogP contribution >= 0.6 is 22.9 Å². The van der Waals surface area contributed by atoms with Gasteiger partial charge in [-0.3, -0.25) is 9.48 Å². The number of likely N-dealkylation sites (N-methyl/N-ethyl adjacent to an activating group) is 1. The molecule has 1 aliphatic heterocycles. The first-order chi connectivity index (χ1) is 14.7. The molecule has 0 saturated heterocycles. The van der Waals surface area contributed by atoms with E-state index in [0.717, 1.165) is 21.6 Å². The van der Waals surface area contributed by atoms with E-state index in [1.807, 2.05) is 11.4 Å². The van der Waals surface area contributed by atoms with Crippen molar-refractivity contribution in [3.63, 3.8) is 0 Å². The Morgan fingerprint density at radius 1 is 1.23 bits per heavy atom. The average molecular weight is 480 g/mol. The van der Waals surface area contributed by atoms with Crippen LogP contribution < -0.4 is 5.32 Å². The van der Waals surface area contributed by atoms with Gasteiger partial charge in [0.25, 0.3) is 5.91 Å². The summed E-state index contributed by atoms with van der Waals surface area (Å²) in [5.41, 5.74) is 1.93. The van der Waals surface area contributed by atoms with Crippen molar-refractivity contribution in [2.45, 2.75) is 0 Å². The quantitative estimate of drug-likeness (QED) is 0.619. The lowest BCUT2D eigenvalue weighted by atomic mass is 10.2. The number of rotatable bonds is 4. The molecule has 3 aromatic rings. The average Bonchev–Trinajstić information content (AvgIpc) is 3.35. The van der Waals surface area contributed by atoms with Gasteiger partial charge < -0.3 is 5.32 Å². The van der Waals surface area contributed by atoms with E-state index in [4.69, 9.17) is 11.6 Å². The molecule has 0 aliphatic carbocycles. The lowest BCUT2D eigenvalue weighted by Crippen LogP contribution is -2.35. The largest absolute Gasteiger partial charge is 0.345 e. The molecule has 8 nitrogen and oxygen atoms in total. The summed E-state index contributed by atoms with van der Waals surface area (Å²) < 4.78 is 44.8. The summed E-state index contributed by atoms with van der Waals surface area (Å²) in [6.45, 7) is 0. The minimum atomic E-state index is -4.12. The fraction of sp³-hybridized carbons (Fsp3) is 0.105. The highest BCUT2D eigenvalue weighted by Gasteiger charge is 2.30. The van der Waals surface area contributed by atoms with Gasteiger partial charge in [-0.25, -0.2) is 8.70 Å². The van der Waals surface area contributed by atoms with Gasteiger partial charge in [-0.15, -0.1) is 15.7 Å². The molecule has 0 saturated carbocycles. The topological polar surface area (TPSA) is 96.7 Å². The van der Waals surface area contributed by atoms with Gasteiger partial charge in [0.2, 0.25) is 0 Å². The molecule has 12 heteroatoms. The van der Waals surface area contributed by atoms with Crippen LogP contribution in [0, 0.1) is 5.82 Å². The van der Waals surface area contributed by atoms with Gasteiger partial charge in [0.1, 0.15) is 11.5 Å². The van der Waals surface area contributed by atoms with E-state index in [2.05, 4.69) is 14.8 Å². The van der Waals surface area contributed by atoms with Crippen LogP contribution in [-0.4, -0.2) is 41.2 Å². The number of amides is 1. The first-order valence-corrected chi connectivity index (χ1v) is 11.5. The maximum absolute atomic E-state index is 13.4. The zero-order valence-electron chi connectivity index (χ0n) is 16.2. The number of nitrogens with zero attached hydrogens (tertiary/aromatic N) is 4. The molecule has 31 heavy (non-hydrogen) atoms. The number of allylic oxidation sites excluding steroid dienone is 1. The molecule has 1 amide bonds. The number of nitrogens with one attached hydrogen (secondary N) is 1. The Bertz CT molecular complexity index is 1360. The molecular weight excluding hydrogens is 465 g/mol. The van der Waals surface area contributed by atoms with Crippen molar-refractivity contribution < 1.29 is 17.6 Å². The number of aryl methyl sites for hydroxylation is 1. The molecule has 2 aromatic heterocycles. The number of halogens is 2. The van der Waals surface area contributed by atoms with Crippen LogP contribution in [0.25, 0.3) is 11.3 Å². The summed E-state index contributed by atoms with van der Waals surface area (Å²) in [5.74, 6) is -1.34. The number of carbonyl (C=O) groups excluding carboxylic acids is 1. The second-order valence-corrected chi connectivity index (χ2v) is 9.52. The minimum absolute atomic E-state index is 0.138. The highest BCUT2D eigenvalue weighted by molar-refractivity contribution is 7.88. The molecule has 0 atom stereocenters. The monoisotopic (exact) mass is 479 g/mol. The molecule has 1 aromatic carbocycles. The van der Waals surface area contributed by atoms with E-state index in [0.29, 0.717) is 4.88 Å². The fourth-order valence-corrected chi connectivity index (χ4v) is 4.92. The highest BCUT2D eigenvalue weighted by atomic mass is 35.5. The molecule has 3 heterocycles. The number of hydrogen-bond acceptors (Lipinski definition) is 5. The van der Waals surface area contributed by atoms with Crippen molar-refractivity contribution in [1.82, 2.24) is 14.1 Å². The molecule has 0 radical (unpaired) electrons. The highest BCUT2D eigenvalue weighted by Crippen LogP contribution is 2.29. The number of aromatic nitrogens is 2. The van der Waals surface area contributed by atoms with Gasteiger partial charge >= 0.3 is 10.2 Å². The predicted molar refractivity (Wildman–Crippen MR) is 118 cm³/mol. The molecule has 0 fully saturated rings. The number of thiophene rings is 1. The normalized spacial score (nSPS) is 15.4. The van der Waals surface area contributed by atoms with Crippen molar-refractivity contribution in [2.24, 2.45) is 11.4 Å². The van der Waals surface area contributed by atoms with Gasteiger partial charge in [-0.1, -0.05) is 11.6 Å². The molecule has 1 N–H and O–H groups in total. The van der Waals surface area contributed by atoms with Gasteiger partial charge in [-0.05, 0) is 36.4 Å². The van der Waals surface area contributed by atoms with Gasteiger partial charge in [0.05, 0.1) is 21.3 Å². The number of anilines is 1. The summed E-state index contributed by atoms with van der Waals surface area (Å²) in [4.78, 5) is 13.4. The van der Waals surface area contributed by atoms with Gasteiger partial charge in [-0.2, -0.15) is 13.5 Å². The van der Waals surface area contributed by atoms with Crippen LogP contribution in [0.5, 0.6) is 0 Å². The Hall–Kier alpha value is -3.02. The smallest absolute Gasteiger partial charge is 0.321 e. The van der Waals surface area contributed by atoms with Crippen molar-refractivity contribution in [1.29, 1.82) is 0 Å². The third-order valence-corrected chi connectivity index (χ3v) is 7.11. The Morgan fingerprint density at radius 2 is 2.00 bits per heavy atom. The molecular formula is C19H15ClFN5O3S2. The Labute approximate surface area is 186 Å². The maximum Gasteiger partial charge on any atom is 0.345 e. The zero-order valence-corrected chi connectivity index (χ0v) is 18.6. The standard InChI is InChI=1S/C19H15ClFN5O3S2/c1-25-16(5-6-22-25)11-7-18(30-10-11)15-9-17(26(2)31(28,29)24-15)19(27)23-12-3-4-14(21)13(20)8-12/h3-10H,1-2H3,(H,23,27). The second-order valence-electron chi connectivity index (χ2n) is 6.57. The van der Waals surface area contributed by atoms with Crippen molar-refractivity contribution in [2.75, 3.05) is 12.4 Å². The van der Waals surface area contributed by atoms with Crippen LogP contribution in [0.1, 0.15) is 4.88 Å². The SMILES string of the molecule is CN1C(C(=O)Nc2ccc(F)c(Cl)c2)=CC(c2cc(-c3ccnn3C)cs2)=NS1(=O)=O. The Balaban J connectivity index is 1.67. The van der Waals surface area contributed by atoms with Crippen LogP contribution in [0.3, 0.4) is 0 Å². The van der Waals surface area contributed by atoms with Crippen LogP contribution in [0.4, 0.5) is 10.1 Å². The van der Waals surface area contributed by atoms with Crippen LogP contribution in [-0.2, 0) is 22.1 Å². The Morgan fingerprint density at radius 3 is 2.68 bits per heavy atom. The molecule has 0 spiro atoms. The van der Waals surface area contributed by atoms with Crippen molar-refractivity contribution >= 4 is 50.5 Å². The second kappa shape index (κ2) is 7.91. The van der Waals surface area contributed by atoms with Crippen molar-refractivity contribution in [3.8, 4) is 11.3 Å². The van der Waals surface area contributed by atoms with Gasteiger partial charge in [0, 0.05) is 36.9 Å². The van der Waals surface area contributed by atoms with Crippen molar-refractivity contribution in [3.05, 3.63) is 69.4 Å².